The van der Waals surface area contributed by atoms with Gasteiger partial charge in [0.1, 0.15) is 0 Å². The Hall–Kier alpha value is -1.66. The SMILES string of the molecule is COc1ccc(CCC(=O)NCCC2CCCNC2)c(OC)c1OC.Cl. The molecule has 0 aromatic heterocycles. The van der Waals surface area contributed by atoms with Gasteiger partial charge in [-0.1, -0.05) is 6.07 Å². The van der Waals surface area contributed by atoms with Crippen LogP contribution in [0.4, 0.5) is 0 Å². The zero-order valence-corrected chi connectivity index (χ0v) is 16.7. The van der Waals surface area contributed by atoms with Crippen molar-refractivity contribution in [1.82, 2.24) is 10.6 Å². The van der Waals surface area contributed by atoms with E-state index in [0.29, 0.717) is 36.0 Å². The maximum absolute atomic E-state index is 12.1. The van der Waals surface area contributed by atoms with E-state index in [-0.39, 0.29) is 18.3 Å². The second-order valence-corrected chi connectivity index (χ2v) is 6.34. The van der Waals surface area contributed by atoms with E-state index in [1.165, 1.54) is 12.8 Å². The number of carbonyl (C=O) groups excluding carboxylic acids is 1. The fourth-order valence-electron chi connectivity index (χ4n) is 3.28. The summed E-state index contributed by atoms with van der Waals surface area (Å²) in [6, 6.07) is 3.76. The molecule has 1 saturated heterocycles. The van der Waals surface area contributed by atoms with Crippen LogP contribution < -0.4 is 24.8 Å². The van der Waals surface area contributed by atoms with Gasteiger partial charge in [-0.15, -0.1) is 12.4 Å². The first kappa shape index (κ1) is 22.4. The summed E-state index contributed by atoms with van der Waals surface area (Å²) in [6.45, 7) is 2.93. The van der Waals surface area contributed by atoms with E-state index in [1.807, 2.05) is 12.1 Å². The number of amides is 1. The van der Waals surface area contributed by atoms with Gasteiger partial charge in [0.05, 0.1) is 21.3 Å². The topological polar surface area (TPSA) is 68.8 Å². The maximum Gasteiger partial charge on any atom is 0.220 e. The molecule has 1 heterocycles. The van der Waals surface area contributed by atoms with Gasteiger partial charge in [0.15, 0.2) is 11.5 Å². The number of carbonyl (C=O) groups is 1. The lowest BCUT2D eigenvalue weighted by Crippen LogP contribution is -2.33. The monoisotopic (exact) mass is 386 g/mol. The Morgan fingerprint density at radius 2 is 1.96 bits per heavy atom. The smallest absolute Gasteiger partial charge is 0.220 e. The molecule has 6 nitrogen and oxygen atoms in total. The van der Waals surface area contributed by atoms with Crippen molar-refractivity contribution in [2.24, 2.45) is 5.92 Å². The van der Waals surface area contributed by atoms with E-state index >= 15 is 0 Å². The molecule has 0 spiro atoms. The third-order valence-corrected chi connectivity index (χ3v) is 4.68. The van der Waals surface area contributed by atoms with Gasteiger partial charge in [0.2, 0.25) is 11.7 Å². The van der Waals surface area contributed by atoms with Crippen LogP contribution in [0, 0.1) is 5.92 Å². The average Bonchev–Trinajstić information content (AvgIpc) is 2.66. The third-order valence-electron chi connectivity index (χ3n) is 4.68. The van der Waals surface area contributed by atoms with Gasteiger partial charge in [-0.3, -0.25) is 4.79 Å². The van der Waals surface area contributed by atoms with Crippen molar-refractivity contribution in [2.75, 3.05) is 41.0 Å². The second kappa shape index (κ2) is 11.9. The number of aryl methyl sites for hydroxylation is 1. The fraction of sp³-hybridized carbons (Fsp3) is 0.632. The highest BCUT2D eigenvalue weighted by molar-refractivity contribution is 5.85. The quantitative estimate of drug-likeness (QED) is 0.682. The van der Waals surface area contributed by atoms with Crippen LogP contribution in [0.1, 0.15) is 31.2 Å². The highest BCUT2D eigenvalue weighted by Crippen LogP contribution is 2.40. The number of halogens is 1. The molecule has 0 bridgehead atoms. The first-order valence-corrected chi connectivity index (χ1v) is 8.94. The van der Waals surface area contributed by atoms with E-state index in [2.05, 4.69) is 10.6 Å². The Kier molecular flexibility index (Phi) is 10.2. The summed E-state index contributed by atoms with van der Waals surface area (Å²) in [5.41, 5.74) is 0.937. The first-order valence-electron chi connectivity index (χ1n) is 8.94. The molecular weight excluding hydrogens is 356 g/mol. The summed E-state index contributed by atoms with van der Waals surface area (Å²) in [6.07, 6.45) is 4.55. The van der Waals surface area contributed by atoms with Crippen molar-refractivity contribution in [3.8, 4) is 17.2 Å². The highest BCUT2D eigenvalue weighted by Gasteiger charge is 2.17. The molecule has 2 rings (SSSR count). The van der Waals surface area contributed by atoms with Crippen LogP contribution in [0.15, 0.2) is 12.1 Å². The molecule has 2 N–H and O–H groups in total. The van der Waals surface area contributed by atoms with Crippen molar-refractivity contribution >= 4 is 18.3 Å². The summed E-state index contributed by atoms with van der Waals surface area (Å²) >= 11 is 0. The van der Waals surface area contributed by atoms with Gasteiger partial charge >= 0.3 is 0 Å². The van der Waals surface area contributed by atoms with E-state index in [4.69, 9.17) is 14.2 Å². The Balaban J connectivity index is 0.00000338. The lowest BCUT2D eigenvalue weighted by molar-refractivity contribution is -0.121. The van der Waals surface area contributed by atoms with Crippen LogP contribution in [0.5, 0.6) is 17.2 Å². The fourth-order valence-corrected chi connectivity index (χ4v) is 3.28. The van der Waals surface area contributed by atoms with E-state index in [0.717, 1.165) is 31.6 Å². The van der Waals surface area contributed by atoms with Crippen LogP contribution >= 0.6 is 12.4 Å². The number of ether oxygens (including phenoxy) is 3. The van der Waals surface area contributed by atoms with Gasteiger partial charge in [-0.25, -0.2) is 0 Å². The number of piperidine rings is 1. The number of hydrogen-bond acceptors (Lipinski definition) is 5. The van der Waals surface area contributed by atoms with E-state index in [9.17, 15) is 4.79 Å². The number of nitrogens with one attached hydrogen (secondary N) is 2. The molecule has 0 aliphatic carbocycles. The van der Waals surface area contributed by atoms with Crippen molar-refractivity contribution in [3.05, 3.63) is 17.7 Å². The van der Waals surface area contributed by atoms with Crippen molar-refractivity contribution in [3.63, 3.8) is 0 Å². The minimum atomic E-state index is 0. The molecule has 0 saturated carbocycles. The van der Waals surface area contributed by atoms with Gasteiger partial charge in [-0.2, -0.15) is 0 Å². The highest BCUT2D eigenvalue weighted by atomic mass is 35.5. The number of hydrogen-bond donors (Lipinski definition) is 2. The Labute approximate surface area is 162 Å². The summed E-state index contributed by atoms with van der Waals surface area (Å²) in [7, 11) is 4.77. The van der Waals surface area contributed by atoms with Crippen molar-refractivity contribution in [2.45, 2.75) is 32.1 Å². The Bertz CT molecular complexity index is 563. The summed E-state index contributed by atoms with van der Waals surface area (Å²) in [5, 5.41) is 6.43. The Morgan fingerprint density at radius 3 is 2.58 bits per heavy atom. The molecule has 1 aliphatic heterocycles. The van der Waals surface area contributed by atoms with Crippen LogP contribution in [-0.4, -0.2) is 46.9 Å². The maximum atomic E-state index is 12.1. The average molecular weight is 387 g/mol. The summed E-state index contributed by atoms with van der Waals surface area (Å²) in [4.78, 5) is 12.1. The predicted octanol–water partition coefficient (Wildman–Crippen LogP) is 2.57. The van der Waals surface area contributed by atoms with Crippen LogP contribution in [0.2, 0.25) is 0 Å². The molecule has 1 fully saturated rings. The van der Waals surface area contributed by atoms with Gasteiger partial charge in [0.25, 0.3) is 0 Å². The molecule has 1 aliphatic rings. The number of benzene rings is 1. The predicted molar refractivity (Wildman–Crippen MR) is 105 cm³/mol. The molecule has 1 unspecified atom stereocenters. The van der Waals surface area contributed by atoms with Gasteiger partial charge < -0.3 is 24.8 Å². The van der Waals surface area contributed by atoms with Gasteiger partial charge in [0, 0.05) is 13.0 Å². The van der Waals surface area contributed by atoms with Gasteiger partial charge in [-0.05, 0) is 56.3 Å². The number of rotatable bonds is 9. The summed E-state index contributed by atoms with van der Waals surface area (Å²) < 4.78 is 16.1. The van der Waals surface area contributed by atoms with Crippen molar-refractivity contribution < 1.29 is 19.0 Å². The first-order chi connectivity index (χ1) is 12.2. The molecular formula is C19H31ClN2O4. The minimum absolute atomic E-state index is 0. The molecule has 1 aromatic rings. The lowest BCUT2D eigenvalue weighted by Gasteiger charge is -2.22. The largest absolute Gasteiger partial charge is 0.493 e. The molecule has 0 radical (unpaired) electrons. The molecule has 148 valence electrons. The summed E-state index contributed by atoms with van der Waals surface area (Å²) in [5.74, 6) is 2.56. The zero-order valence-electron chi connectivity index (χ0n) is 15.9. The van der Waals surface area contributed by atoms with Crippen molar-refractivity contribution in [1.29, 1.82) is 0 Å². The Morgan fingerprint density at radius 1 is 1.19 bits per heavy atom. The molecule has 7 heteroatoms. The third kappa shape index (κ3) is 6.25. The second-order valence-electron chi connectivity index (χ2n) is 6.34. The lowest BCUT2D eigenvalue weighted by atomic mass is 9.96. The van der Waals surface area contributed by atoms with Crippen LogP contribution in [-0.2, 0) is 11.2 Å². The zero-order chi connectivity index (χ0) is 18.1. The minimum Gasteiger partial charge on any atom is -0.493 e. The molecule has 26 heavy (non-hydrogen) atoms. The number of methoxy groups -OCH3 is 3. The molecule has 1 atom stereocenters. The van der Waals surface area contributed by atoms with Crippen LogP contribution in [0.25, 0.3) is 0 Å². The molecule has 1 aromatic carbocycles. The normalized spacial score (nSPS) is 16.3. The van der Waals surface area contributed by atoms with Crippen LogP contribution in [0.3, 0.4) is 0 Å². The molecule has 1 amide bonds. The standard InChI is InChI=1S/C19H30N2O4.ClH/c1-23-16-8-6-15(18(24-2)19(16)25-3)7-9-17(22)21-12-10-14-5-4-11-20-13-14;/h6,8,14,20H,4-5,7,9-13H2,1-3H3,(H,21,22);1H. The van der Waals surface area contributed by atoms with E-state index in [1.54, 1.807) is 21.3 Å². The van der Waals surface area contributed by atoms with E-state index < -0.39 is 0 Å².